The molecule has 3 rings (SSSR count). The number of carbonyl (C=O) groups excluding carboxylic acids is 1. The number of benzene rings is 1. The van der Waals surface area contributed by atoms with Crippen molar-refractivity contribution in [3.05, 3.63) is 53.2 Å². The highest BCUT2D eigenvalue weighted by Crippen LogP contribution is 2.21. The Morgan fingerprint density at radius 2 is 2.04 bits per heavy atom. The number of pyridine rings is 1. The minimum absolute atomic E-state index is 0.0361. The molecule has 2 unspecified atom stereocenters. The van der Waals surface area contributed by atoms with Crippen LogP contribution in [0.3, 0.4) is 0 Å². The highest BCUT2D eigenvalue weighted by atomic mass is 16.5. The van der Waals surface area contributed by atoms with E-state index in [0.717, 1.165) is 24.5 Å². The number of nitrogens with zero attached hydrogens (tertiary/aromatic N) is 3. The molecule has 0 amide bonds. The fraction of sp³-hybridized carbons (Fsp3) is 0.381. The zero-order valence-electron chi connectivity index (χ0n) is 15.9. The van der Waals surface area contributed by atoms with Crippen molar-refractivity contribution in [2.45, 2.75) is 39.5 Å². The number of anilines is 2. The van der Waals surface area contributed by atoms with Crippen molar-refractivity contribution in [2.75, 3.05) is 23.3 Å². The molecule has 1 saturated heterocycles. The van der Waals surface area contributed by atoms with Gasteiger partial charge in [0.25, 0.3) is 0 Å². The second-order valence-corrected chi connectivity index (χ2v) is 6.97. The first kappa shape index (κ1) is 18.9. The van der Waals surface area contributed by atoms with Crippen molar-refractivity contribution in [2.24, 2.45) is 0 Å². The van der Waals surface area contributed by atoms with E-state index in [1.165, 1.54) is 6.92 Å². The molecule has 1 fully saturated rings. The maximum absolute atomic E-state index is 11.8. The molecule has 1 aliphatic heterocycles. The Labute approximate surface area is 159 Å². The van der Waals surface area contributed by atoms with Crippen LogP contribution in [0.5, 0.6) is 0 Å². The van der Waals surface area contributed by atoms with Gasteiger partial charge in [-0.3, -0.25) is 4.79 Å². The molecular weight excluding hydrogens is 340 g/mol. The number of aromatic nitrogens is 1. The number of nitriles is 1. The van der Waals surface area contributed by atoms with Crippen LogP contribution in [0.1, 0.15) is 42.3 Å². The normalized spacial score (nSPS) is 19.4. The molecule has 6 nitrogen and oxygen atoms in total. The molecule has 6 heteroatoms. The van der Waals surface area contributed by atoms with E-state index >= 15 is 0 Å². The second-order valence-electron chi connectivity index (χ2n) is 6.97. The SMILES string of the molecule is CC(=O)c1ccc(C#N)cc1NCc1ccc(N2CC(C)OC(C)C2)nc1. The predicted octanol–water partition coefficient (Wildman–Crippen LogP) is 3.38. The first-order chi connectivity index (χ1) is 13.0. The maximum Gasteiger partial charge on any atom is 0.161 e. The maximum atomic E-state index is 11.8. The zero-order chi connectivity index (χ0) is 19.4. The van der Waals surface area contributed by atoms with Crippen LogP contribution in [0.25, 0.3) is 0 Å². The van der Waals surface area contributed by atoms with Gasteiger partial charge in [-0.15, -0.1) is 0 Å². The number of nitrogens with one attached hydrogen (secondary N) is 1. The minimum atomic E-state index is -0.0361. The molecule has 2 atom stereocenters. The largest absolute Gasteiger partial charge is 0.380 e. The van der Waals surface area contributed by atoms with Gasteiger partial charge >= 0.3 is 0 Å². The molecule has 1 aromatic heterocycles. The lowest BCUT2D eigenvalue weighted by Gasteiger charge is -2.36. The lowest BCUT2D eigenvalue weighted by molar-refractivity contribution is -0.00546. The van der Waals surface area contributed by atoms with Crippen molar-refractivity contribution >= 4 is 17.3 Å². The van der Waals surface area contributed by atoms with Crippen LogP contribution in [0, 0.1) is 11.3 Å². The van der Waals surface area contributed by atoms with Crippen molar-refractivity contribution in [3.8, 4) is 6.07 Å². The third-order valence-corrected chi connectivity index (χ3v) is 4.56. The van der Waals surface area contributed by atoms with E-state index in [1.54, 1.807) is 18.2 Å². The molecule has 2 aromatic rings. The van der Waals surface area contributed by atoms with Gasteiger partial charge in [0.2, 0.25) is 0 Å². The Morgan fingerprint density at radius 3 is 2.63 bits per heavy atom. The van der Waals surface area contributed by atoms with Crippen LogP contribution in [0.15, 0.2) is 36.5 Å². The second kappa shape index (κ2) is 8.19. The molecule has 0 saturated carbocycles. The van der Waals surface area contributed by atoms with Gasteiger partial charge in [0.05, 0.1) is 23.8 Å². The average Bonchev–Trinajstić information content (AvgIpc) is 2.65. The number of hydrogen-bond donors (Lipinski definition) is 1. The van der Waals surface area contributed by atoms with Gasteiger partial charge in [-0.2, -0.15) is 5.26 Å². The van der Waals surface area contributed by atoms with Crippen molar-refractivity contribution in [1.82, 2.24) is 4.98 Å². The molecule has 1 aromatic carbocycles. The third kappa shape index (κ3) is 4.63. The van der Waals surface area contributed by atoms with Crippen LogP contribution >= 0.6 is 0 Å². The quantitative estimate of drug-likeness (QED) is 0.820. The number of ether oxygens (including phenoxy) is 1. The number of morpholine rings is 1. The number of rotatable bonds is 5. The number of carbonyl (C=O) groups is 1. The smallest absolute Gasteiger partial charge is 0.161 e. The van der Waals surface area contributed by atoms with E-state index in [2.05, 4.69) is 35.1 Å². The topological polar surface area (TPSA) is 78.2 Å². The Kier molecular flexibility index (Phi) is 5.72. The number of ketones is 1. The van der Waals surface area contributed by atoms with Gasteiger partial charge in [-0.1, -0.05) is 6.07 Å². The lowest BCUT2D eigenvalue weighted by atomic mass is 10.1. The van der Waals surface area contributed by atoms with E-state index < -0.39 is 0 Å². The Morgan fingerprint density at radius 1 is 1.30 bits per heavy atom. The molecule has 0 radical (unpaired) electrons. The summed E-state index contributed by atoms with van der Waals surface area (Å²) < 4.78 is 5.77. The standard InChI is InChI=1S/C21H24N4O2/c1-14-12-25(13-15(2)27-14)21-7-5-18(11-24-21)10-23-20-8-17(9-22)4-6-19(20)16(3)26/h4-8,11,14-15,23H,10,12-13H2,1-3H3. The van der Waals surface area contributed by atoms with Crippen molar-refractivity contribution < 1.29 is 9.53 Å². The summed E-state index contributed by atoms with van der Waals surface area (Å²) in [6.45, 7) is 7.85. The third-order valence-electron chi connectivity index (χ3n) is 4.56. The monoisotopic (exact) mass is 364 g/mol. The van der Waals surface area contributed by atoms with E-state index in [0.29, 0.717) is 23.4 Å². The minimum Gasteiger partial charge on any atom is -0.380 e. The van der Waals surface area contributed by atoms with Gasteiger partial charge in [0.15, 0.2) is 5.78 Å². The highest BCUT2D eigenvalue weighted by molar-refractivity contribution is 5.99. The average molecular weight is 364 g/mol. The van der Waals surface area contributed by atoms with E-state index in [9.17, 15) is 4.79 Å². The molecular formula is C21H24N4O2. The van der Waals surface area contributed by atoms with Gasteiger partial charge < -0.3 is 15.0 Å². The van der Waals surface area contributed by atoms with E-state index in [1.807, 2.05) is 18.3 Å². The molecule has 1 aliphatic rings. The molecule has 0 spiro atoms. The Balaban J connectivity index is 1.69. The molecule has 27 heavy (non-hydrogen) atoms. The van der Waals surface area contributed by atoms with Crippen LogP contribution in [0.2, 0.25) is 0 Å². The fourth-order valence-corrected chi connectivity index (χ4v) is 3.34. The van der Waals surface area contributed by atoms with Crippen molar-refractivity contribution in [3.63, 3.8) is 0 Å². The highest BCUT2D eigenvalue weighted by Gasteiger charge is 2.22. The van der Waals surface area contributed by atoms with Gasteiger partial charge in [0, 0.05) is 37.1 Å². The molecule has 140 valence electrons. The van der Waals surface area contributed by atoms with E-state index in [-0.39, 0.29) is 18.0 Å². The summed E-state index contributed by atoms with van der Waals surface area (Å²) in [5, 5.41) is 12.3. The summed E-state index contributed by atoms with van der Waals surface area (Å²) in [5.74, 6) is 0.905. The summed E-state index contributed by atoms with van der Waals surface area (Å²) in [5.41, 5.74) is 2.77. The predicted molar refractivity (Wildman–Crippen MR) is 105 cm³/mol. The summed E-state index contributed by atoms with van der Waals surface area (Å²) in [6.07, 6.45) is 2.22. The molecule has 0 aliphatic carbocycles. The fourth-order valence-electron chi connectivity index (χ4n) is 3.34. The first-order valence-corrected chi connectivity index (χ1v) is 9.10. The van der Waals surface area contributed by atoms with Gasteiger partial charge in [-0.25, -0.2) is 4.98 Å². The molecule has 2 heterocycles. The van der Waals surface area contributed by atoms with Gasteiger partial charge in [-0.05, 0) is 50.6 Å². The van der Waals surface area contributed by atoms with Crippen LogP contribution in [-0.4, -0.2) is 36.1 Å². The summed E-state index contributed by atoms with van der Waals surface area (Å²) in [4.78, 5) is 18.6. The summed E-state index contributed by atoms with van der Waals surface area (Å²) in [7, 11) is 0. The van der Waals surface area contributed by atoms with Crippen LogP contribution in [-0.2, 0) is 11.3 Å². The zero-order valence-corrected chi connectivity index (χ0v) is 15.9. The lowest BCUT2D eigenvalue weighted by Crippen LogP contribution is -2.45. The summed E-state index contributed by atoms with van der Waals surface area (Å²) >= 11 is 0. The van der Waals surface area contributed by atoms with Gasteiger partial charge in [0.1, 0.15) is 5.82 Å². The number of Topliss-reactive ketones (excluding diaryl/α,β-unsaturated/α-hetero) is 1. The number of hydrogen-bond acceptors (Lipinski definition) is 6. The summed E-state index contributed by atoms with van der Waals surface area (Å²) in [6, 6.07) is 11.2. The van der Waals surface area contributed by atoms with Crippen LogP contribution in [0.4, 0.5) is 11.5 Å². The van der Waals surface area contributed by atoms with E-state index in [4.69, 9.17) is 10.00 Å². The Hall–Kier alpha value is -2.91. The molecule has 1 N–H and O–H groups in total. The Bertz CT molecular complexity index is 847. The molecule has 0 bridgehead atoms. The van der Waals surface area contributed by atoms with Crippen LogP contribution < -0.4 is 10.2 Å². The first-order valence-electron chi connectivity index (χ1n) is 9.10. The van der Waals surface area contributed by atoms with Crippen molar-refractivity contribution in [1.29, 1.82) is 5.26 Å².